The summed E-state index contributed by atoms with van der Waals surface area (Å²) in [6.45, 7) is 4.36. The van der Waals surface area contributed by atoms with Crippen LogP contribution in [0.5, 0.6) is 5.75 Å². The van der Waals surface area contributed by atoms with Crippen LogP contribution in [0.4, 0.5) is 0 Å². The molecule has 0 saturated carbocycles. The van der Waals surface area contributed by atoms with E-state index in [-0.39, 0.29) is 12.5 Å². The van der Waals surface area contributed by atoms with Crippen molar-refractivity contribution in [2.75, 3.05) is 0 Å². The van der Waals surface area contributed by atoms with Crippen molar-refractivity contribution in [2.45, 2.75) is 39.1 Å². The lowest BCUT2D eigenvalue weighted by molar-refractivity contribution is -0.156. The standard InChI is InChI=1S/C24H25NO4/c1-17-3-7-21(8-4-17)18(2)23(26)24(27)29-16-19-5-9-22(10-6-19)28-15-20-11-13-25-14-12-20/h3-14,18,23,26H,15-16H2,1-2H3. The van der Waals surface area contributed by atoms with Crippen LogP contribution in [0.2, 0.25) is 0 Å². The summed E-state index contributed by atoms with van der Waals surface area (Å²) >= 11 is 0. The van der Waals surface area contributed by atoms with E-state index < -0.39 is 12.1 Å². The maximum absolute atomic E-state index is 12.2. The minimum Gasteiger partial charge on any atom is -0.489 e. The highest BCUT2D eigenvalue weighted by molar-refractivity contribution is 5.75. The van der Waals surface area contributed by atoms with E-state index in [1.165, 1.54) is 0 Å². The predicted molar refractivity (Wildman–Crippen MR) is 110 cm³/mol. The number of nitrogens with zero attached hydrogens (tertiary/aromatic N) is 1. The molecule has 0 aliphatic rings. The van der Waals surface area contributed by atoms with Crippen molar-refractivity contribution >= 4 is 5.97 Å². The van der Waals surface area contributed by atoms with Gasteiger partial charge in [-0.2, -0.15) is 0 Å². The van der Waals surface area contributed by atoms with Crippen LogP contribution in [-0.2, 0) is 22.7 Å². The molecular weight excluding hydrogens is 366 g/mol. The molecule has 0 saturated heterocycles. The third-order valence-corrected chi connectivity index (χ3v) is 4.78. The summed E-state index contributed by atoms with van der Waals surface area (Å²) in [5, 5.41) is 10.3. The Bertz CT molecular complexity index is 908. The normalized spacial score (nSPS) is 12.8. The van der Waals surface area contributed by atoms with E-state index in [9.17, 15) is 9.90 Å². The summed E-state index contributed by atoms with van der Waals surface area (Å²) < 4.78 is 11.0. The highest BCUT2D eigenvalue weighted by Crippen LogP contribution is 2.21. The van der Waals surface area contributed by atoms with Crippen molar-refractivity contribution in [2.24, 2.45) is 0 Å². The molecule has 2 atom stereocenters. The minimum atomic E-state index is -1.21. The number of hydrogen-bond acceptors (Lipinski definition) is 5. The molecule has 1 aromatic heterocycles. The summed E-state index contributed by atoms with van der Waals surface area (Å²) in [6.07, 6.45) is 2.25. The number of carbonyl (C=O) groups is 1. The smallest absolute Gasteiger partial charge is 0.335 e. The number of aliphatic hydroxyl groups excluding tert-OH is 1. The molecule has 5 heteroatoms. The highest BCUT2D eigenvalue weighted by Gasteiger charge is 2.25. The van der Waals surface area contributed by atoms with Crippen LogP contribution in [-0.4, -0.2) is 22.2 Å². The van der Waals surface area contributed by atoms with Crippen LogP contribution in [0.1, 0.15) is 35.1 Å². The molecule has 0 amide bonds. The van der Waals surface area contributed by atoms with E-state index in [0.29, 0.717) is 6.61 Å². The number of carbonyl (C=O) groups excluding carboxylic acids is 1. The Morgan fingerprint density at radius 1 is 0.931 bits per heavy atom. The lowest BCUT2D eigenvalue weighted by atomic mass is 9.95. The van der Waals surface area contributed by atoms with Crippen molar-refractivity contribution in [1.29, 1.82) is 0 Å². The molecule has 29 heavy (non-hydrogen) atoms. The van der Waals surface area contributed by atoms with E-state index in [4.69, 9.17) is 9.47 Å². The van der Waals surface area contributed by atoms with E-state index in [1.807, 2.05) is 74.5 Å². The van der Waals surface area contributed by atoms with E-state index in [0.717, 1.165) is 28.0 Å². The molecule has 1 heterocycles. The van der Waals surface area contributed by atoms with Crippen molar-refractivity contribution in [3.8, 4) is 5.75 Å². The molecule has 0 spiro atoms. The van der Waals surface area contributed by atoms with Crippen molar-refractivity contribution in [3.05, 3.63) is 95.3 Å². The van der Waals surface area contributed by atoms with Gasteiger partial charge in [-0.25, -0.2) is 4.79 Å². The second kappa shape index (κ2) is 9.85. The molecule has 3 rings (SSSR count). The number of aromatic nitrogens is 1. The lowest BCUT2D eigenvalue weighted by Crippen LogP contribution is -2.28. The van der Waals surface area contributed by atoms with Crippen LogP contribution < -0.4 is 4.74 Å². The Morgan fingerprint density at radius 3 is 2.21 bits per heavy atom. The van der Waals surface area contributed by atoms with Gasteiger partial charge >= 0.3 is 5.97 Å². The van der Waals surface area contributed by atoms with Gasteiger partial charge in [-0.05, 0) is 47.9 Å². The first kappa shape index (κ1) is 20.6. The molecule has 150 valence electrons. The molecule has 0 aliphatic heterocycles. The van der Waals surface area contributed by atoms with Crippen LogP contribution in [0.3, 0.4) is 0 Å². The van der Waals surface area contributed by atoms with Gasteiger partial charge < -0.3 is 14.6 Å². The third kappa shape index (κ3) is 5.90. The van der Waals surface area contributed by atoms with Crippen molar-refractivity contribution in [1.82, 2.24) is 4.98 Å². The molecular formula is C24H25NO4. The molecule has 1 N–H and O–H groups in total. The maximum atomic E-state index is 12.2. The van der Waals surface area contributed by atoms with E-state index >= 15 is 0 Å². The van der Waals surface area contributed by atoms with Gasteiger partial charge in [-0.15, -0.1) is 0 Å². The van der Waals surface area contributed by atoms with Gasteiger partial charge in [0.05, 0.1) is 0 Å². The Hall–Kier alpha value is -3.18. The average molecular weight is 391 g/mol. The number of benzene rings is 2. The fourth-order valence-electron chi connectivity index (χ4n) is 2.82. The lowest BCUT2D eigenvalue weighted by Gasteiger charge is -2.18. The number of rotatable bonds is 8. The molecule has 5 nitrogen and oxygen atoms in total. The fraction of sp³-hybridized carbons (Fsp3) is 0.250. The first-order valence-electron chi connectivity index (χ1n) is 9.55. The van der Waals surface area contributed by atoms with Crippen molar-refractivity contribution < 1.29 is 19.4 Å². The number of ether oxygens (including phenoxy) is 2. The van der Waals surface area contributed by atoms with Gasteiger partial charge in [-0.1, -0.05) is 48.9 Å². The zero-order valence-electron chi connectivity index (χ0n) is 16.6. The molecule has 2 unspecified atom stereocenters. The highest BCUT2D eigenvalue weighted by atomic mass is 16.5. The topological polar surface area (TPSA) is 68.7 Å². The Morgan fingerprint density at radius 2 is 1.55 bits per heavy atom. The quantitative estimate of drug-likeness (QED) is 0.584. The van der Waals surface area contributed by atoms with Gasteiger partial charge in [0.2, 0.25) is 0 Å². The Labute approximate surface area is 171 Å². The van der Waals surface area contributed by atoms with Crippen LogP contribution in [0.15, 0.2) is 73.1 Å². The van der Waals surface area contributed by atoms with Crippen LogP contribution >= 0.6 is 0 Å². The molecule has 0 fully saturated rings. The van der Waals surface area contributed by atoms with Gasteiger partial charge in [-0.3, -0.25) is 4.98 Å². The fourth-order valence-corrected chi connectivity index (χ4v) is 2.82. The summed E-state index contributed by atoms with van der Waals surface area (Å²) in [6, 6.07) is 18.9. The Balaban J connectivity index is 1.48. The van der Waals surface area contributed by atoms with Crippen LogP contribution in [0, 0.1) is 6.92 Å². The monoisotopic (exact) mass is 391 g/mol. The molecule has 0 bridgehead atoms. The van der Waals surface area contributed by atoms with E-state index in [1.54, 1.807) is 12.4 Å². The SMILES string of the molecule is Cc1ccc(C(C)C(O)C(=O)OCc2ccc(OCc3ccncc3)cc2)cc1. The largest absolute Gasteiger partial charge is 0.489 e. The summed E-state index contributed by atoms with van der Waals surface area (Å²) in [5.74, 6) is -0.243. The zero-order valence-corrected chi connectivity index (χ0v) is 16.6. The van der Waals surface area contributed by atoms with Crippen molar-refractivity contribution in [3.63, 3.8) is 0 Å². The summed E-state index contributed by atoms with van der Waals surface area (Å²) in [5.41, 5.74) is 3.89. The number of aryl methyl sites for hydroxylation is 1. The molecule has 0 radical (unpaired) electrons. The van der Waals surface area contributed by atoms with E-state index in [2.05, 4.69) is 4.98 Å². The van der Waals surface area contributed by atoms with Gasteiger partial charge in [0, 0.05) is 18.3 Å². The number of pyridine rings is 1. The first-order valence-corrected chi connectivity index (χ1v) is 9.55. The molecule has 0 aliphatic carbocycles. The third-order valence-electron chi connectivity index (χ3n) is 4.78. The number of hydrogen-bond donors (Lipinski definition) is 1. The molecule has 2 aromatic carbocycles. The van der Waals surface area contributed by atoms with Crippen LogP contribution in [0.25, 0.3) is 0 Å². The maximum Gasteiger partial charge on any atom is 0.335 e. The van der Waals surface area contributed by atoms with Gasteiger partial charge in [0.15, 0.2) is 6.10 Å². The number of aliphatic hydroxyl groups is 1. The van der Waals surface area contributed by atoms with Gasteiger partial charge in [0.1, 0.15) is 19.0 Å². The number of esters is 1. The first-order chi connectivity index (χ1) is 14.0. The average Bonchev–Trinajstić information content (AvgIpc) is 2.77. The molecule has 3 aromatic rings. The predicted octanol–water partition coefficient (Wildman–Crippen LogP) is 4.18. The minimum absolute atomic E-state index is 0.0984. The summed E-state index contributed by atoms with van der Waals surface area (Å²) in [4.78, 5) is 16.2. The second-order valence-corrected chi connectivity index (χ2v) is 7.04. The Kier molecular flexibility index (Phi) is 6.98. The second-order valence-electron chi connectivity index (χ2n) is 7.04. The van der Waals surface area contributed by atoms with Gasteiger partial charge in [0.25, 0.3) is 0 Å². The summed E-state index contributed by atoms with van der Waals surface area (Å²) in [7, 11) is 0. The zero-order chi connectivity index (χ0) is 20.6.